The van der Waals surface area contributed by atoms with Crippen LogP contribution in [0.1, 0.15) is 41.7 Å². The van der Waals surface area contributed by atoms with Gasteiger partial charge < -0.3 is 14.8 Å². The smallest absolute Gasteiger partial charge is 0.271 e. The Hall–Kier alpha value is -3.16. The van der Waals surface area contributed by atoms with Crippen molar-refractivity contribution in [2.24, 2.45) is 7.05 Å². The second-order valence-corrected chi connectivity index (χ2v) is 9.38. The molecule has 1 amide bonds. The molecule has 1 aromatic heterocycles. The van der Waals surface area contributed by atoms with Crippen LogP contribution < -0.4 is 10.1 Å². The maximum Gasteiger partial charge on any atom is 0.271 e. The zero-order chi connectivity index (χ0) is 23.4. The number of likely N-dealkylation sites (tertiary alicyclic amines) is 1. The van der Waals surface area contributed by atoms with E-state index in [9.17, 15) is 4.79 Å². The number of carbonyl (C=O) groups excluding carboxylic acids is 1. The highest BCUT2D eigenvalue weighted by Gasteiger charge is 2.42. The van der Waals surface area contributed by atoms with Gasteiger partial charge in [-0.15, -0.1) is 0 Å². The number of nitrogens with zero attached hydrogens (tertiary/aromatic N) is 3. The predicted molar refractivity (Wildman–Crippen MR) is 130 cm³/mol. The van der Waals surface area contributed by atoms with Crippen LogP contribution in [0.25, 0.3) is 0 Å². The lowest BCUT2D eigenvalue weighted by atomic mass is 9.88. The highest BCUT2D eigenvalue weighted by atomic mass is 16.5. The number of aryl methyl sites for hydroxylation is 1. The fourth-order valence-corrected chi connectivity index (χ4v) is 4.95. The summed E-state index contributed by atoms with van der Waals surface area (Å²) in [5.41, 5.74) is 1.66. The molecule has 7 heteroatoms. The standard InChI is InChI=1S/C27H32N4O3/c1-30-15-11-25(29-30)26(32)28-19-24-10-12-27(34-24)13-16-31(17-14-27)20-21-6-5-9-23(18-21)33-22-7-3-2-4-8-22/h2-9,11,15,18,24H,10,12-14,16-17,19-20H2,1H3,(H,28,32). The molecule has 2 saturated heterocycles. The Kier molecular flexibility index (Phi) is 6.65. The van der Waals surface area contributed by atoms with Crippen LogP contribution in [0.3, 0.4) is 0 Å². The molecule has 1 atom stereocenters. The molecule has 0 aliphatic carbocycles. The van der Waals surface area contributed by atoms with Gasteiger partial charge in [0.25, 0.3) is 5.91 Å². The van der Waals surface area contributed by atoms with Crippen molar-refractivity contribution in [2.75, 3.05) is 19.6 Å². The van der Waals surface area contributed by atoms with Crippen molar-refractivity contribution in [3.05, 3.63) is 78.1 Å². The third kappa shape index (κ3) is 5.48. The Morgan fingerprint density at radius 3 is 2.65 bits per heavy atom. The minimum absolute atomic E-state index is 0.0465. The van der Waals surface area contributed by atoms with Gasteiger partial charge in [0.15, 0.2) is 0 Å². The summed E-state index contributed by atoms with van der Waals surface area (Å²) in [6.07, 6.45) is 5.95. The molecule has 3 heterocycles. The number of carbonyl (C=O) groups is 1. The third-order valence-electron chi connectivity index (χ3n) is 6.83. The molecule has 34 heavy (non-hydrogen) atoms. The van der Waals surface area contributed by atoms with E-state index in [0.29, 0.717) is 12.2 Å². The Morgan fingerprint density at radius 2 is 1.88 bits per heavy atom. The second kappa shape index (κ2) is 9.99. The molecule has 7 nitrogen and oxygen atoms in total. The zero-order valence-electron chi connectivity index (χ0n) is 19.7. The molecule has 5 rings (SSSR count). The number of hydrogen-bond donors (Lipinski definition) is 1. The zero-order valence-corrected chi connectivity index (χ0v) is 19.7. The maximum absolute atomic E-state index is 12.3. The lowest BCUT2D eigenvalue weighted by molar-refractivity contribution is -0.0764. The van der Waals surface area contributed by atoms with Crippen molar-refractivity contribution in [3.63, 3.8) is 0 Å². The van der Waals surface area contributed by atoms with Gasteiger partial charge in [0.05, 0.1) is 11.7 Å². The first-order valence-electron chi connectivity index (χ1n) is 12.1. The number of amides is 1. The van der Waals surface area contributed by atoms with Crippen LogP contribution in [0, 0.1) is 0 Å². The van der Waals surface area contributed by atoms with Gasteiger partial charge in [0, 0.05) is 39.4 Å². The number of nitrogens with one attached hydrogen (secondary N) is 1. The average Bonchev–Trinajstić information content (AvgIpc) is 3.47. The van der Waals surface area contributed by atoms with Gasteiger partial charge in [-0.1, -0.05) is 30.3 Å². The van der Waals surface area contributed by atoms with E-state index in [2.05, 4.69) is 33.5 Å². The predicted octanol–water partition coefficient (Wildman–Crippen LogP) is 4.16. The number of aromatic nitrogens is 2. The average molecular weight is 461 g/mol. The van der Waals surface area contributed by atoms with Crippen molar-refractivity contribution in [2.45, 2.75) is 43.9 Å². The summed E-state index contributed by atoms with van der Waals surface area (Å²) in [7, 11) is 1.81. The summed E-state index contributed by atoms with van der Waals surface area (Å²) in [6, 6.07) is 20.0. The van der Waals surface area contributed by atoms with E-state index in [0.717, 1.165) is 56.8 Å². The van der Waals surface area contributed by atoms with Crippen molar-refractivity contribution in [1.82, 2.24) is 20.0 Å². The molecule has 2 aliphatic rings. The first-order chi connectivity index (χ1) is 16.6. The van der Waals surface area contributed by atoms with E-state index in [1.807, 2.05) is 43.4 Å². The van der Waals surface area contributed by atoms with Crippen LogP contribution in [0.4, 0.5) is 0 Å². The van der Waals surface area contributed by atoms with Gasteiger partial charge in [-0.05, 0) is 61.6 Å². The third-order valence-corrected chi connectivity index (χ3v) is 6.83. The van der Waals surface area contributed by atoms with Crippen LogP contribution in [-0.4, -0.2) is 51.9 Å². The first-order valence-corrected chi connectivity index (χ1v) is 12.1. The quantitative estimate of drug-likeness (QED) is 0.574. The van der Waals surface area contributed by atoms with Gasteiger partial charge in [0.1, 0.15) is 17.2 Å². The molecule has 2 aliphatic heterocycles. The number of rotatable bonds is 7. The largest absolute Gasteiger partial charge is 0.457 e. The number of benzene rings is 2. The van der Waals surface area contributed by atoms with Crippen LogP contribution in [0.5, 0.6) is 11.5 Å². The number of piperidine rings is 1. The summed E-state index contributed by atoms with van der Waals surface area (Å²) in [6.45, 7) is 3.47. The van der Waals surface area contributed by atoms with Crippen LogP contribution in [0.15, 0.2) is 66.9 Å². The SMILES string of the molecule is Cn1ccc(C(=O)NCC2CCC3(CCN(Cc4cccc(Oc5ccccc5)c4)CC3)O2)n1. The molecule has 0 radical (unpaired) electrons. The summed E-state index contributed by atoms with van der Waals surface area (Å²) in [4.78, 5) is 14.8. The van der Waals surface area contributed by atoms with E-state index in [4.69, 9.17) is 9.47 Å². The monoisotopic (exact) mass is 460 g/mol. The van der Waals surface area contributed by atoms with E-state index in [1.165, 1.54) is 5.56 Å². The van der Waals surface area contributed by atoms with E-state index >= 15 is 0 Å². The van der Waals surface area contributed by atoms with E-state index < -0.39 is 0 Å². The minimum Gasteiger partial charge on any atom is -0.457 e. The van der Waals surface area contributed by atoms with E-state index in [-0.39, 0.29) is 17.6 Å². The fraction of sp³-hybridized carbons (Fsp3) is 0.407. The molecule has 2 aromatic carbocycles. The Balaban J connectivity index is 1.09. The molecule has 0 bridgehead atoms. The number of para-hydroxylation sites is 1. The Labute approximate surface area is 200 Å². The van der Waals surface area contributed by atoms with Crippen molar-refractivity contribution in [1.29, 1.82) is 0 Å². The van der Waals surface area contributed by atoms with Gasteiger partial charge in [0.2, 0.25) is 0 Å². The maximum atomic E-state index is 12.3. The summed E-state index contributed by atoms with van der Waals surface area (Å²) < 4.78 is 14.1. The molecule has 1 unspecified atom stereocenters. The van der Waals surface area contributed by atoms with Gasteiger partial charge in [-0.3, -0.25) is 14.4 Å². The molecule has 178 valence electrons. The topological polar surface area (TPSA) is 68.6 Å². The Bertz CT molecular complexity index is 1110. The first kappa shape index (κ1) is 22.6. The second-order valence-electron chi connectivity index (χ2n) is 9.38. The minimum atomic E-state index is -0.140. The molecule has 1 N–H and O–H groups in total. The van der Waals surface area contributed by atoms with Crippen LogP contribution in [0.2, 0.25) is 0 Å². The van der Waals surface area contributed by atoms with Gasteiger partial charge in [-0.25, -0.2) is 0 Å². The van der Waals surface area contributed by atoms with E-state index in [1.54, 1.807) is 16.9 Å². The van der Waals surface area contributed by atoms with Crippen LogP contribution >= 0.6 is 0 Å². The van der Waals surface area contributed by atoms with Gasteiger partial charge in [-0.2, -0.15) is 5.10 Å². The normalized spacial score (nSPS) is 19.9. The van der Waals surface area contributed by atoms with Crippen LogP contribution in [-0.2, 0) is 18.3 Å². The molecule has 0 saturated carbocycles. The van der Waals surface area contributed by atoms with Crippen molar-refractivity contribution in [3.8, 4) is 11.5 Å². The number of hydrogen-bond acceptors (Lipinski definition) is 5. The molecular weight excluding hydrogens is 428 g/mol. The summed E-state index contributed by atoms with van der Waals surface area (Å²) >= 11 is 0. The van der Waals surface area contributed by atoms with Crippen molar-refractivity contribution < 1.29 is 14.3 Å². The lowest BCUT2D eigenvalue weighted by Gasteiger charge is -2.39. The lowest BCUT2D eigenvalue weighted by Crippen LogP contribution is -2.44. The highest BCUT2D eigenvalue weighted by Crippen LogP contribution is 2.39. The van der Waals surface area contributed by atoms with Crippen molar-refractivity contribution >= 4 is 5.91 Å². The molecular formula is C27H32N4O3. The summed E-state index contributed by atoms with van der Waals surface area (Å²) in [5.74, 6) is 1.58. The number of ether oxygens (including phenoxy) is 2. The molecule has 2 fully saturated rings. The highest BCUT2D eigenvalue weighted by molar-refractivity contribution is 5.92. The van der Waals surface area contributed by atoms with Gasteiger partial charge >= 0.3 is 0 Å². The summed E-state index contributed by atoms with van der Waals surface area (Å²) in [5, 5.41) is 7.14. The molecule has 1 spiro atoms. The fourth-order valence-electron chi connectivity index (χ4n) is 4.95. The Morgan fingerprint density at radius 1 is 1.09 bits per heavy atom. The molecule has 3 aromatic rings.